The molecule has 2 rings (SSSR count). The van der Waals surface area contributed by atoms with Crippen LogP contribution in [0.4, 0.5) is 0 Å². The summed E-state index contributed by atoms with van der Waals surface area (Å²) in [7, 11) is 0. The van der Waals surface area contributed by atoms with E-state index in [1.807, 2.05) is 18.2 Å². The van der Waals surface area contributed by atoms with Crippen molar-refractivity contribution < 1.29 is 0 Å². The molecule has 0 saturated carbocycles. The average Bonchev–Trinajstić information content (AvgIpc) is 2.85. The SMILES string of the molecule is CCCCCCCCn1c(-c2ccccc2)n[nH]c1=S. The minimum Gasteiger partial charge on any atom is -0.300 e. The van der Waals surface area contributed by atoms with Gasteiger partial charge in [0.05, 0.1) is 0 Å². The van der Waals surface area contributed by atoms with E-state index in [-0.39, 0.29) is 0 Å². The molecule has 0 spiro atoms. The van der Waals surface area contributed by atoms with E-state index >= 15 is 0 Å². The summed E-state index contributed by atoms with van der Waals surface area (Å²) in [6.07, 6.45) is 7.74. The van der Waals surface area contributed by atoms with Crippen LogP contribution in [0.1, 0.15) is 45.4 Å². The summed E-state index contributed by atoms with van der Waals surface area (Å²) < 4.78 is 2.84. The molecule has 0 aliphatic rings. The maximum atomic E-state index is 5.34. The van der Waals surface area contributed by atoms with Crippen molar-refractivity contribution >= 4 is 12.2 Å². The molecule has 0 fully saturated rings. The van der Waals surface area contributed by atoms with E-state index in [1.54, 1.807) is 0 Å². The summed E-state index contributed by atoms with van der Waals surface area (Å²) in [6, 6.07) is 10.2. The lowest BCUT2D eigenvalue weighted by atomic mass is 10.1. The third kappa shape index (κ3) is 4.04. The fraction of sp³-hybridized carbons (Fsp3) is 0.500. The van der Waals surface area contributed by atoms with Crippen LogP contribution in [-0.2, 0) is 6.54 Å². The molecule has 2 aromatic rings. The summed E-state index contributed by atoms with van der Waals surface area (Å²) in [4.78, 5) is 0. The minimum atomic E-state index is 0.720. The molecule has 1 aromatic heterocycles. The van der Waals surface area contributed by atoms with Crippen molar-refractivity contribution in [1.29, 1.82) is 0 Å². The zero-order valence-corrected chi connectivity index (χ0v) is 13.0. The molecule has 1 aromatic carbocycles. The predicted molar refractivity (Wildman–Crippen MR) is 86.2 cm³/mol. The molecule has 0 radical (unpaired) electrons. The van der Waals surface area contributed by atoms with Crippen LogP contribution in [-0.4, -0.2) is 14.8 Å². The second-order valence-electron chi connectivity index (χ2n) is 5.14. The van der Waals surface area contributed by atoms with Gasteiger partial charge in [-0.2, -0.15) is 5.10 Å². The number of nitrogens with zero attached hydrogens (tertiary/aromatic N) is 2. The molecule has 0 unspecified atom stereocenters. The van der Waals surface area contributed by atoms with Crippen molar-refractivity contribution in [3.05, 3.63) is 35.1 Å². The van der Waals surface area contributed by atoms with Crippen LogP contribution in [0.2, 0.25) is 0 Å². The van der Waals surface area contributed by atoms with Crippen LogP contribution >= 0.6 is 12.2 Å². The fourth-order valence-corrected chi connectivity index (χ4v) is 2.61. The summed E-state index contributed by atoms with van der Waals surface area (Å²) >= 11 is 5.34. The molecule has 108 valence electrons. The van der Waals surface area contributed by atoms with Gasteiger partial charge >= 0.3 is 0 Å². The first-order valence-corrected chi connectivity index (χ1v) is 7.94. The molecule has 0 amide bonds. The second kappa shape index (κ2) is 8.00. The van der Waals surface area contributed by atoms with Gasteiger partial charge < -0.3 is 4.57 Å². The summed E-state index contributed by atoms with van der Waals surface area (Å²) in [5.74, 6) is 0.948. The van der Waals surface area contributed by atoms with Crippen molar-refractivity contribution in [2.75, 3.05) is 0 Å². The van der Waals surface area contributed by atoms with Gasteiger partial charge in [-0.25, -0.2) is 0 Å². The molecule has 1 heterocycles. The number of aromatic amines is 1. The number of rotatable bonds is 8. The highest BCUT2D eigenvalue weighted by molar-refractivity contribution is 7.71. The van der Waals surface area contributed by atoms with Gasteiger partial charge in [0.15, 0.2) is 10.6 Å². The van der Waals surface area contributed by atoms with Crippen molar-refractivity contribution in [3.63, 3.8) is 0 Å². The molecular weight excluding hydrogens is 266 g/mol. The maximum Gasteiger partial charge on any atom is 0.195 e. The normalized spacial score (nSPS) is 10.8. The van der Waals surface area contributed by atoms with Gasteiger partial charge in [0.25, 0.3) is 0 Å². The molecule has 4 heteroatoms. The quantitative estimate of drug-likeness (QED) is 0.550. The first-order chi connectivity index (χ1) is 9.83. The fourth-order valence-electron chi connectivity index (χ4n) is 2.38. The van der Waals surface area contributed by atoms with Gasteiger partial charge in [0.2, 0.25) is 0 Å². The lowest BCUT2D eigenvalue weighted by molar-refractivity contribution is 0.557. The van der Waals surface area contributed by atoms with E-state index in [4.69, 9.17) is 12.2 Å². The molecule has 0 bridgehead atoms. The standard InChI is InChI=1S/C16H23N3S/c1-2-3-4-5-6-10-13-19-15(17-18-16(19)20)14-11-8-7-9-12-14/h7-9,11-12H,2-6,10,13H2,1H3,(H,18,20). The predicted octanol–water partition coefficient (Wildman–Crippen LogP) is 4.97. The Morgan fingerprint density at radius 1 is 1.05 bits per heavy atom. The largest absolute Gasteiger partial charge is 0.300 e. The Morgan fingerprint density at radius 3 is 2.50 bits per heavy atom. The van der Waals surface area contributed by atoms with Crippen molar-refractivity contribution in [2.45, 2.75) is 52.0 Å². The van der Waals surface area contributed by atoms with Crippen molar-refractivity contribution in [3.8, 4) is 11.4 Å². The Kier molecular flexibility index (Phi) is 5.99. The Morgan fingerprint density at radius 2 is 1.75 bits per heavy atom. The van der Waals surface area contributed by atoms with E-state index in [1.165, 1.54) is 32.1 Å². The smallest absolute Gasteiger partial charge is 0.195 e. The zero-order valence-electron chi connectivity index (χ0n) is 12.1. The number of H-pyrrole nitrogens is 1. The Hall–Kier alpha value is -1.42. The number of unbranched alkanes of at least 4 members (excludes halogenated alkanes) is 5. The van der Waals surface area contributed by atoms with E-state index in [9.17, 15) is 0 Å². The average molecular weight is 289 g/mol. The van der Waals surface area contributed by atoms with Crippen LogP contribution in [0.3, 0.4) is 0 Å². The van der Waals surface area contributed by atoms with E-state index in [0.717, 1.165) is 29.1 Å². The Balaban J connectivity index is 1.95. The first kappa shape index (κ1) is 15.0. The lowest BCUT2D eigenvalue weighted by Crippen LogP contribution is -2.01. The number of hydrogen-bond donors (Lipinski definition) is 1. The van der Waals surface area contributed by atoms with Gasteiger partial charge in [0.1, 0.15) is 0 Å². The van der Waals surface area contributed by atoms with Gasteiger partial charge in [-0.1, -0.05) is 69.4 Å². The highest BCUT2D eigenvalue weighted by atomic mass is 32.1. The van der Waals surface area contributed by atoms with Crippen LogP contribution in [0, 0.1) is 4.77 Å². The highest BCUT2D eigenvalue weighted by Gasteiger charge is 2.07. The molecule has 0 atom stereocenters. The van der Waals surface area contributed by atoms with Crippen LogP contribution in [0.25, 0.3) is 11.4 Å². The van der Waals surface area contributed by atoms with E-state index in [0.29, 0.717) is 0 Å². The number of benzene rings is 1. The molecule has 0 aliphatic carbocycles. The number of hydrogen-bond acceptors (Lipinski definition) is 2. The van der Waals surface area contributed by atoms with Crippen LogP contribution in [0.15, 0.2) is 30.3 Å². The molecule has 20 heavy (non-hydrogen) atoms. The molecule has 3 nitrogen and oxygen atoms in total. The van der Waals surface area contributed by atoms with Crippen molar-refractivity contribution in [2.24, 2.45) is 0 Å². The number of aromatic nitrogens is 3. The minimum absolute atomic E-state index is 0.720. The monoisotopic (exact) mass is 289 g/mol. The second-order valence-corrected chi connectivity index (χ2v) is 5.52. The highest BCUT2D eigenvalue weighted by Crippen LogP contribution is 2.17. The third-order valence-electron chi connectivity index (χ3n) is 3.53. The van der Waals surface area contributed by atoms with Gasteiger partial charge in [-0.15, -0.1) is 0 Å². The molecular formula is C16H23N3S. The Labute approximate surface area is 126 Å². The lowest BCUT2D eigenvalue weighted by Gasteiger charge is -2.06. The molecule has 0 saturated heterocycles. The van der Waals surface area contributed by atoms with Crippen molar-refractivity contribution in [1.82, 2.24) is 14.8 Å². The van der Waals surface area contributed by atoms with Gasteiger partial charge in [-0.3, -0.25) is 5.10 Å². The molecule has 1 N–H and O–H groups in total. The summed E-state index contributed by atoms with van der Waals surface area (Å²) in [5, 5.41) is 7.27. The maximum absolute atomic E-state index is 5.34. The Bertz CT molecular complexity index is 557. The molecule has 0 aliphatic heterocycles. The first-order valence-electron chi connectivity index (χ1n) is 7.53. The van der Waals surface area contributed by atoms with Gasteiger partial charge in [-0.05, 0) is 18.6 Å². The van der Waals surface area contributed by atoms with Gasteiger partial charge in [0, 0.05) is 12.1 Å². The van der Waals surface area contributed by atoms with Crippen LogP contribution in [0.5, 0.6) is 0 Å². The third-order valence-corrected chi connectivity index (χ3v) is 3.84. The summed E-state index contributed by atoms with van der Waals surface area (Å²) in [5.41, 5.74) is 1.12. The number of nitrogens with one attached hydrogen (secondary N) is 1. The zero-order chi connectivity index (χ0) is 14.2. The van der Waals surface area contributed by atoms with E-state index in [2.05, 4.69) is 33.8 Å². The van der Waals surface area contributed by atoms with E-state index < -0.39 is 0 Å². The van der Waals surface area contributed by atoms with Crippen LogP contribution < -0.4 is 0 Å². The summed E-state index contributed by atoms with van der Waals surface area (Å²) in [6.45, 7) is 3.20. The topological polar surface area (TPSA) is 33.6 Å².